The van der Waals surface area contributed by atoms with Crippen LogP contribution in [-0.4, -0.2) is 63.3 Å². The van der Waals surface area contributed by atoms with Gasteiger partial charge >= 0.3 is 180 Å². The zero-order valence-corrected chi connectivity index (χ0v) is 20.6. The Morgan fingerprint density at radius 2 is 1.00 bits per heavy atom. The molecule has 0 atom stereocenters. The van der Waals surface area contributed by atoms with Crippen molar-refractivity contribution in [2.24, 2.45) is 0 Å². The summed E-state index contributed by atoms with van der Waals surface area (Å²) in [6.45, 7) is -0.179. The van der Waals surface area contributed by atoms with Crippen LogP contribution in [0.5, 0.6) is 0 Å². The van der Waals surface area contributed by atoms with Crippen LogP contribution in [0.1, 0.15) is 59.3 Å². The maximum absolute atomic E-state index is 13.6. The average molecular weight is 528 g/mol. The molecular weight excluding hydrogens is 495 g/mol. The van der Waals surface area contributed by atoms with Gasteiger partial charge in [-0.1, -0.05) is 0 Å². The van der Waals surface area contributed by atoms with Crippen molar-refractivity contribution in [2.75, 3.05) is 31.9 Å². The molecule has 0 rings (SSSR count). The molecule has 0 amide bonds. The summed E-state index contributed by atoms with van der Waals surface area (Å²) in [6.07, 6.45) is -0.981. The van der Waals surface area contributed by atoms with Crippen LogP contribution in [0.2, 0.25) is 0 Å². The summed E-state index contributed by atoms with van der Waals surface area (Å²) in [5.41, 5.74) is -12.5. The fraction of sp³-hybridized carbons (Fsp3) is 1.00. The van der Waals surface area contributed by atoms with Crippen LogP contribution < -0.4 is 0 Å². The van der Waals surface area contributed by atoms with Gasteiger partial charge in [-0.2, -0.15) is 0 Å². The van der Waals surface area contributed by atoms with Crippen molar-refractivity contribution in [1.29, 1.82) is 0 Å². The minimum absolute atomic E-state index is 0.0475. The zero-order chi connectivity index (χ0) is 24.8. The molecule has 0 heterocycles. The van der Waals surface area contributed by atoms with Crippen molar-refractivity contribution in [1.82, 2.24) is 3.48 Å². The molecule has 0 N–H and O–H groups in total. The molecule has 0 spiro atoms. The van der Waals surface area contributed by atoms with Crippen molar-refractivity contribution in [3.63, 3.8) is 0 Å². The van der Waals surface area contributed by atoms with Crippen molar-refractivity contribution in [3.05, 3.63) is 0 Å². The van der Waals surface area contributed by atoms with Crippen LogP contribution in [0, 0.1) is 0 Å². The van der Waals surface area contributed by atoms with E-state index in [-0.39, 0.29) is 19.3 Å². The third-order valence-corrected chi connectivity index (χ3v) is 18.6. The Balaban J connectivity index is 7.74. The quantitative estimate of drug-likeness (QED) is 0.221. The van der Waals surface area contributed by atoms with Crippen molar-refractivity contribution in [2.45, 2.75) is 70.3 Å². The van der Waals surface area contributed by atoms with Crippen LogP contribution in [0.15, 0.2) is 0 Å². The second kappa shape index (κ2) is 10.8. The molecule has 0 aliphatic carbocycles. The Labute approximate surface area is 180 Å². The van der Waals surface area contributed by atoms with Gasteiger partial charge in [-0.25, -0.2) is 0 Å². The first kappa shape index (κ1) is 30.8. The number of rotatable bonds is 14. The molecule has 31 heavy (non-hydrogen) atoms. The van der Waals surface area contributed by atoms with E-state index in [1.165, 1.54) is 0 Å². The third-order valence-electron chi connectivity index (χ3n) is 5.18. The zero-order valence-electron chi connectivity index (χ0n) is 18.1. The molecule has 0 saturated heterocycles. The minimum atomic E-state index is -6.91. The van der Waals surface area contributed by atoms with Gasteiger partial charge < -0.3 is 0 Å². The number of nitrogens with zero attached hydrogens (tertiary/aromatic N) is 1. The molecule has 0 aromatic rings. The molecule has 0 bridgehead atoms. The van der Waals surface area contributed by atoms with E-state index in [2.05, 4.69) is 0 Å². The SMILES string of the molecule is CCCCP(CCCC)(CCCC)(COC)N(S(=O)(=O)C(F)(F)F)S(=O)(=O)C(F)(F)F. The van der Waals surface area contributed by atoms with Gasteiger partial charge in [-0.15, -0.1) is 0 Å². The van der Waals surface area contributed by atoms with Crippen LogP contribution in [-0.2, 0) is 24.8 Å². The number of methoxy groups -OCH3 is 1. The standard InChI is InChI=1S/C16H32F6NO5PS2/c1-5-8-11-29(14-28-4,12-9-6-2,13-10-7-3)23(30(24,25)15(17,18)19)31(26,27)16(20,21)22/h5-14H2,1-4H3. The van der Waals surface area contributed by atoms with Crippen LogP contribution in [0.4, 0.5) is 26.3 Å². The summed E-state index contributed by atoms with van der Waals surface area (Å²) in [7, 11) is -12.8. The molecule has 0 radical (unpaired) electrons. The van der Waals surface area contributed by atoms with E-state index >= 15 is 0 Å². The molecule has 15 heteroatoms. The second-order valence-corrected chi connectivity index (χ2v) is 17.8. The first-order chi connectivity index (χ1) is 13.9. The number of ether oxygens (including phenoxy) is 1. The number of sulfonamides is 2. The van der Waals surface area contributed by atoms with Gasteiger partial charge in [-0.05, 0) is 0 Å². The van der Waals surface area contributed by atoms with E-state index in [9.17, 15) is 43.2 Å². The fourth-order valence-corrected chi connectivity index (χ4v) is 18.5. The van der Waals surface area contributed by atoms with Gasteiger partial charge in [0, 0.05) is 0 Å². The molecule has 0 unspecified atom stereocenters. The number of hydrogen-bond donors (Lipinski definition) is 0. The van der Waals surface area contributed by atoms with E-state index in [1.807, 2.05) is 0 Å². The molecule has 0 saturated carbocycles. The van der Waals surface area contributed by atoms with Crippen LogP contribution in [0.3, 0.4) is 0 Å². The van der Waals surface area contributed by atoms with Crippen molar-refractivity contribution >= 4 is 26.8 Å². The molecule has 0 aromatic heterocycles. The Bertz CT molecular complexity index is 715. The average Bonchev–Trinajstić information content (AvgIpc) is 2.61. The van der Waals surface area contributed by atoms with Gasteiger partial charge in [0.05, 0.1) is 0 Å². The Hall–Kier alpha value is -0.170. The van der Waals surface area contributed by atoms with Crippen molar-refractivity contribution < 1.29 is 47.9 Å². The van der Waals surface area contributed by atoms with E-state index in [0.29, 0.717) is 19.3 Å². The van der Waals surface area contributed by atoms with E-state index in [1.54, 1.807) is 20.8 Å². The molecule has 0 aromatic carbocycles. The third kappa shape index (κ3) is 6.24. The molecule has 0 aliphatic heterocycles. The Morgan fingerprint density at radius 3 is 1.19 bits per heavy atom. The Kier molecular flexibility index (Phi) is 10.8. The number of hydrogen-bond acceptors (Lipinski definition) is 5. The molecule has 0 fully saturated rings. The molecule has 0 aliphatic rings. The molecule has 190 valence electrons. The summed E-state index contributed by atoms with van der Waals surface area (Å²) in [6, 6.07) is 0. The molecule has 6 nitrogen and oxygen atoms in total. The summed E-state index contributed by atoms with van der Waals surface area (Å²) in [5, 5.41) is 0. The number of unbranched alkanes of at least 4 members (excludes halogenated alkanes) is 3. The molecular formula is C16H32F6NO5PS2. The Morgan fingerprint density at radius 1 is 0.710 bits per heavy atom. The predicted octanol–water partition coefficient (Wildman–Crippen LogP) is 5.46. The normalized spacial score (nSPS) is 15.8. The number of alkyl halides is 6. The second-order valence-electron chi connectivity index (χ2n) is 7.64. The first-order valence-corrected chi connectivity index (χ1v) is 15.7. The van der Waals surface area contributed by atoms with E-state index in [0.717, 1.165) is 7.11 Å². The number of halogens is 6. The van der Waals surface area contributed by atoms with E-state index < -0.39 is 66.1 Å². The predicted molar refractivity (Wildman–Crippen MR) is 110 cm³/mol. The van der Waals surface area contributed by atoms with Gasteiger partial charge in [0.25, 0.3) is 0 Å². The summed E-state index contributed by atoms with van der Waals surface area (Å²) < 4.78 is 136. The van der Waals surface area contributed by atoms with Gasteiger partial charge in [0.15, 0.2) is 0 Å². The summed E-state index contributed by atoms with van der Waals surface area (Å²) in [5.74, 6) is 0. The summed E-state index contributed by atoms with van der Waals surface area (Å²) in [4.78, 5) is 0. The monoisotopic (exact) mass is 527 g/mol. The topological polar surface area (TPSA) is 80.8 Å². The van der Waals surface area contributed by atoms with Crippen LogP contribution in [0.25, 0.3) is 0 Å². The maximum atomic E-state index is 13.6. The summed E-state index contributed by atoms with van der Waals surface area (Å²) >= 11 is 0. The van der Waals surface area contributed by atoms with Gasteiger partial charge in [0.2, 0.25) is 0 Å². The first-order valence-electron chi connectivity index (χ1n) is 9.86. The fourth-order valence-electron chi connectivity index (χ4n) is 3.76. The van der Waals surface area contributed by atoms with Crippen LogP contribution >= 0.6 is 6.75 Å². The van der Waals surface area contributed by atoms with Gasteiger partial charge in [-0.3, -0.25) is 0 Å². The van der Waals surface area contributed by atoms with Crippen molar-refractivity contribution in [3.8, 4) is 0 Å². The van der Waals surface area contributed by atoms with E-state index in [4.69, 9.17) is 4.74 Å². The van der Waals surface area contributed by atoms with Gasteiger partial charge in [0.1, 0.15) is 0 Å².